The average Bonchev–Trinajstić information content (AvgIpc) is 3.07. The number of hydrogen-bond acceptors (Lipinski definition) is 4. The van der Waals surface area contributed by atoms with Crippen LogP contribution in [0.2, 0.25) is 0 Å². The average molecular weight is 331 g/mol. The molecule has 0 aromatic heterocycles. The van der Waals surface area contributed by atoms with Gasteiger partial charge in [0.05, 0.1) is 5.56 Å². The summed E-state index contributed by atoms with van der Waals surface area (Å²) in [4.78, 5) is 36.8. The van der Waals surface area contributed by atoms with E-state index in [2.05, 4.69) is 5.32 Å². The highest BCUT2D eigenvalue weighted by atomic mass is 16.5. The van der Waals surface area contributed by atoms with Gasteiger partial charge in [0, 0.05) is 17.9 Å². The molecule has 0 spiro atoms. The Morgan fingerprint density at radius 2 is 2.12 bits per heavy atom. The first-order valence-corrected chi connectivity index (χ1v) is 7.84. The molecule has 1 aromatic rings. The SMILES string of the molecule is CCN(C(=O)COC(=O)c1cccc(NC(N)=O)c1)C1=CCCC1. The third-order valence-electron chi connectivity index (χ3n) is 3.67. The van der Waals surface area contributed by atoms with Crippen LogP contribution in [0.25, 0.3) is 0 Å². The van der Waals surface area contributed by atoms with Crippen molar-refractivity contribution in [3.8, 4) is 0 Å². The lowest BCUT2D eigenvalue weighted by Crippen LogP contribution is -2.33. The zero-order valence-corrected chi connectivity index (χ0v) is 13.6. The van der Waals surface area contributed by atoms with Gasteiger partial charge < -0.3 is 20.7 Å². The zero-order chi connectivity index (χ0) is 17.5. The van der Waals surface area contributed by atoms with Crippen LogP contribution in [0.1, 0.15) is 36.5 Å². The lowest BCUT2D eigenvalue weighted by atomic mass is 10.2. The quantitative estimate of drug-likeness (QED) is 0.780. The number of hydrogen-bond donors (Lipinski definition) is 2. The second-order valence-electron chi connectivity index (χ2n) is 5.37. The maximum atomic E-state index is 12.2. The Morgan fingerprint density at radius 1 is 1.33 bits per heavy atom. The molecule has 0 saturated carbocycles. The Balaban J connectivity index is 1.94. The van der Waals surface area contributed by atoms with Gasteiger partial charge in [-0.15, -0.1) is 0 Å². The molecule has 0 bridgehead atoms. The van der Waals surface area contributed by atoms with Gasteiger partial charge in [-0.1, -0.05) is 12.1 Å². The van der Waals surface area contributed by atoms with Gasteiger partial charge in [-0.2, -0.15) is 0 Å². The molecule has 0 aliphatic heterocycles. The van der Waals surface area contributed by atoms with Crippen molar-refractivity contribution in [2.75, 3.05) is 18.5 Å². The molecule has 0 saturated heterocycles. The lowest BCUT2D eigenvalue weighted by Gasteiger charge is -2.22. The van der Waals surface area contributed by atoms with Gasteiger partial charge in [0.25, 0.3) is 5.91 Å². The molecule has 3 N–H and O–H groups in total. The summed E-state index contributed by atoms with van der Waals surface area (Å²) in [5.74, 6) is -0.877. The van der Waals surface area contributed by atoms with Crippen molar-refractivity contribution in [1.82, 2.24) is 4.90 Å². The number of urea groups is 1. The van der Waals surface area contributed by atoms with E-state index < -0.39 is 12.0 Å². The molecule has 7 heteroatoms. The third kappa shape index (κ3) is 4.58. The number of nitrogens with two attached hydrogens (primary N) is 1. The summed E-state index contributed by atoms with van der Waals surface area (Å²) in [5, 5.41) is 2.38. The predicted molar refractivity (Wildman–Crippen MR) is 89.3 cm³/mol. The number of likely N-dealkylation sites (N-methyl/N-ethyl adjacent to an activating group) is 1. The first-order chi connectivity index (χ1) is 11.5. The molecule has 3 amide bonds. The van der Waals surface area contributed by atoms with Crippen LogP contribution in [0.15, 0.2) is 36.0 Å². The fourth-order valence-corrected chi connectivity index (χ4v) is 2.59. The van der Waals surface area contributed by atoms with Crippen molar-refractivity contribution in [3.63, 3.8) is 0 Å². The summed E-state index contributed by atoms with van der Waals surface area (Å²) in [5.41, 5.74) is 6.64. The number of carbonyl (C=O) groups is 3. The van der Waals surface area contributed by atoms with Crippen molar-refractivity contribution in [1.29, 1.82) is 0 Å². The summed E-state index contributed by atoms with van der Waals surface area (Å²) in [6, 6.07) is 5.44. The van der Waals surface area contributed by atoms with Gasteiger partial charge in [0.15, 0.2) is 6.61 Å². The van der Waals surface area contributed by atoms with Crippen LogP contribution in [-0.4, -0.2) is 36.0 Å². The van der Waals surface area contributed by atoms with Crippen LogP contribution < -0.4 is 11.1 Å². The highest BCUT2D eigenvalue weighted by Gasteiger charge is 2.20. The van der Waals surface area contributed by atoms with E-state index in [1.54, 1.807) is 17.0 Å². The molecule has 0 radical (unpaired) electrons. The minimum atomic E-state index is -0.723. The third-order valence-corrected chi connectivity index (χ3v) is 3.67. The van der Waals surface area contributed by atoms with E-state index in [1.807, 2.05) is 13.0 Å². The number of carbonyl (C=O) groups excluding carboxylic acids is 3. The number of allylic oxidation sites excluding steroid dienone is 2. The van der Waals surface area contributed by atoms with E-state index in [-0.39, 0.29) is 18.1 Å². The van der Waals surface area contributed by atoms with E-state index in [4.69, 9.17) is 10.5 Å². The number of nitrogens with one attached hydrogen (secondary N) is 1. The fourth-order valence-electron chi connectivity index (χ4n) is 2.59. The molecule has 1 aliphatic carbocycles. The van der Waals surface area contributed by atoms with E-state index >= 15 is 0 Å². The molecule has 2 rings (SSSR count). The monoisotopic (exact) mass is 331 g/mol. The van der Waals surface area contributed by atoms with Gasteiger partial charge in [0.2, 0.25) is 0 Å². The van der Waals surface area contributed by atoms with Crippen LogP contribution in [0, 0.1) is 0 Å². The Hall–Kier alpha value is -2.83. The van der Waals surface area contributed by atoms with Crippen LogP contribution in [0.5, 0.6) is 0 Å². The van der Waals surface area contributed by atoms with Crippen LogP contribution >= 0.6 is 0 Å². The van der Waals surface area contributed by atoms with E-state index in [0.29, 0.717) is 12.2 Å². The molecule has 1 aliphatic rings. The maximum Gasteiger partial charge on any atom is 0.338 e. The zero-order valence-electron chi connectivity index (χ0n) is 13.6. The molecule has 7 nitrogen and oxygen atoms in total. The summed E-state index contributed by atoms with van der Waals surface area (Å²) < 4.78 is 5.09. The van der Waals surface area contributed by atoms with E-state index in [1.165, 1.54) is 12.1 Å². The maximum absolute atomic E-state index is 12.2. The molecule has 0 fully saturated rings. The minimum absolute atomic E-state index is 0.234. The van der Waals surface area contributed by atoms with Crippen molar-refractivity contribution >= 4 is 23.6 Å². The summed E-state index contributed by atoms with van der Waals surface area (Å²) in [7, 11) is 0. The van der Waals surface area contributed by atoms with Crippen LogP contribution in [-0.2, 0) is 9.53 Å². The highest BCUT2D eigenvalue weighted by Crippen LogP contribution is 2.21. The molecule has 128 valence electrons. The summed E-state index contributed by atoms with van der Waals surface area (Å²) >= 11 is 0. The Bertz CT molecular complexity index is 670. The van der Waals surface area contributed by atoms with Gasteiger partial charge >= 0.3 is 12.0 Å². The summed E-state index contributed by atoms with van der Waals surface area (Å²) in [6.45, 7) is 2.11. The normalized spacial score (nSPS) is 13.1. The topological polar surface area (TPSA) is 102 Å². The van der Waals surface area contributed by atoms with E-state index in [0.717, 1.165) is 25.0 Å². The fraction of sp³-hybridized carbons (Fsp3) is 0.353. The smallest absolute Gasteiger partial charge is 0.338 e. The Morgan fingerprint density at radius 3 is 2.75 bits per heavy atom. The number of nitrogens with zero attached hydrogens (tertiary/aromatic N) is 1. The number of amides is 3. The van der Waals surface area contributed by atoms with Gasteiger partial charge in [0.1, 0.15) is 0 Å². The van der Waals surface area contributed by atoms with Crippen LogP contribution in [0.4, 0.5) is 10.5 Å². The number of rotatable bonds is 6. The second kappa shape index (κ2) is 8.14. The van der Waals surface area contributed by atoms with Crippen molar-refractivity contribution < 1.29 is 19.1 Å². The van der Waals surface area contributed by atoms with Gasteiger partial charge in [-0.25, -0.2) is 9.59 Å². The van der Waals surface area contributed by atoms with Crippen molar-refractivity contribution in [3.05, 3.63) is 41.6 Å². The first kappa shape index (κ1) is 17.5. The standard InChI is InChI=1S/C17H21N3O4/c1-2-20(14-8-3-4-9-14)15(21)11-24-16(22)12-6-5-7-13(10-12)19-17(18)23/h5-8,10H,2-4,9,11H2,1H3,(H3,18,19,23). The molecular formula is C17H21N3O4. The second-order valence-corrected chi connectivity index (χ2v) is 5.37. The molecule has 24 heavy (non-hydrogen) atoms. The number of primary amides is 1. The van der Waals surface area contributed by atoms with Gasteiger partial charge in [-0.3, -0.25) is 4.79 Å². The first-order valence-electron chi connectivity index (χ1n) is 7.84. The molecule has 0 heterocycles. The van der Waals surface area contributed by atoms with Gasteiger partial charge in [-0.05, 0) is 44.4 Å². The molecule has 0 atom stereocenters. The van der Waals surface area contributed by atoms with E-state index in [9.17, 15) is 14.4 Å². The number of benzene rings is 1. The minimum Gasteiger partial charge on any atom is -0.452 e. The molecular weight excluding hydrogens is 310 g/mol. The molecule has 0 unspecified atom stereocenters. The highest BCUT2D eigenvalue weighted by molar-refractivity contribution is 5.94. The number of anilines is 1. The van der Waals surface area contributed by atoms with Crippen LogP contribution in [0.3, 0.4) is 0 Å². The largest absolute Gasteiger partial charge is 0.452 e. The Labute approximate surface area is 140 Å². The predicted octanol–water partition coefficient (Wildman–Crippen LogP) is 2.25. The number of ether oxygens (including phenoxy) is 1. The van der Waals surface area contributed by atoms with Crippen molar-refractivity contribution in [2.45, 2.75) is 26.2 Å². The Kier molecular flexibility index (Phi) is 5.95. The van der Waals surface area contributed by atoms with Crippen molar-refractivity contribution in [2.24, 2.45) is 5.73 Å². The number of esters is 1. The molecule has 1 aromatic carbocycles. The summed E-state index contributed by atoms with van der Waals surface area (Å²) in [6.07, 6.45) is 4.92. The lowest BCUT2D eigenvalue weighted by molar-refractivity contribution is -0.132.